The van der Waals surface area contributed by atoms with Gasteiger partial charge in [0.1, 0.15) is 11.5 Å². The Labute approximate surface area is 122 Å². The van der Waals surface area contributed by atoms with Gasteiger partial charge in [-0.15, -0.1) is 0 Å². The zero-order valence-corrected chi connectivity index (χ0v) is 12.2. The molecule has 0 fully saturated rings. The van der Waals surface area contributed by atoms with E-state index in [0.29, 0.717) is 5.56 Å². The van der Waals surface area contributed by atoms with E-state index in [0.717, 1.165) is 0 Å². The molecule has 1 N–H and O–H groups in total. The SMILES string of the molecule is CC(C)(C)C(=O)C/C(=N\NC(=O)c1ccccc1)C(F)F. The van der Waals surface area contributed by atoms with Crippen molar-refractivity contribution in [2.24, 2.45) is 10.5 Å². The van der Waals surface area contributed by atoms with Crippen molar-refractivity contribution in [1.82, 2.24) is 5.43 Å². The van der Waals surface area contributed by atoms with E-state index >= 15 is 0 Å². The molecule has 1 rings (SSSR count). The molecule has 0 unspecified atom stereocenters. The lowest BCUT2D eigenvalue weighted by molar-refractivity contribution is -0.125. The average molecular weight is 296 g/mol. The first-order chi connectivity index (χ1) is 9.71. The fraction of sp³-hybridized carbons (Fsp3) is 0.400. The number of hydrogen-bond donors (Lipinski definition) is 1. The van der Waals surface area contributed by atoms with Gasteiger partial charge in [-0.05, 0) is 12.1 Å². The summed E-state index contributed by atoms with van der Waals surface area (Å²) in [5.74, 6) is -0.965. The Balaban J connectivity index is 2.78. The van der Waals surface area contributed by atoms with Crippen molar-refractivity contribution >= 4 is 17.4 Å². The molecule has 0 saturated carbocycles. The quantitative estimate of drug-likeness (QED) is 0.670. The highest BCUT2D eigenvalue weighted by Gasteiger charge is 2.26. The van der Waals surface area contributed by atoms with Gasteiger partial charge < -0.3 is 0 Å². The summed E-state index contributed by atoms with van der Waals surface area (Å²) in [6.45, 7) is 4.92. The molecule has 4 nitrogen and oxygen atoms in total. The molecule has 0 aliphatic heterocycles. The molecule has 0 spiro atoms. The predicted octanol–water partition coefficient (Wildman–Crippen LogP) is 3.04. The molecule has 0 heterocycles. The Bertz CT molecular complexity index is 534. The predicted molar refractivity (Wildman–Crippen MR) is 76.4 cm³/mol. The van der Waals surface area contributed by atoms with Crippen LogP contribution in [0.3, 0.4) is 0 Å². The van der Waals surface area contributed by atoms with Crippen molar-refractivity contribution in [3.63, 3.8) is 0 Å². The van der Waals surface area contributed by atoms with Crippen molar-refractivity contribution in [3.8, 4) is 0 Å². The molecule has 1 amide bonds. The summed E-state index contributed by atoms with van der Waals surface area (Å²) in [5.41, 5.74) is 0.980. The van der Waals surface area contributed by atoms with Gasteiger partial charge in [0.2, 0.25) is 0 Å². The van der Waals surface area contributed by atoms with E-state index in [1.165, 1.54) is 12.1 Å². The molecule has 0 radical (unpaired) electrons. The van der Waals surface area contributed by atoms with Crippen LogP contribution >= 0.6 is 0 Å². The minimum absolute atomic E-state index is 0.303. The summed E-state index contributed by atoms with van der Waals surface area (Å²) in [4.78, 5) is 23.5. The molecule has 6 heteroatoms. The Hall–Kier alpha value is -2.11. The number of amides is 1. The third-order valence-corrected chi connectivity index (χ3v) is 2.77. The average Bonchev–Trinajstić information content (AvgIpc) is 2.42. The zero-order valence-electron chi connectivity index (χ0n) is 12.2. The first-order valence-corrected chi connectivity index (χ1v) is 6.45. The van der Waals surface area contributed by atoms with E-state index in [4.69, 9.17) is 0 Å². The standard InChI is InChI=1S/C15H18F2N2O2/c1-15(2,3)12(20)9-11(13(16)17)18-19-14(21)10-7-5-4-6-8-10/h4-8,13H,9H2,1-3H3,(H,19,21)/b18-11+. The molecule has 0 aliphatic carbocycles. The van der Waals surface area contributed by atoms with Gasteiger partial charge in [0.25, 0.3) is 12.3 Å². The molecule has 0 aromatic heterocycles. The number of carbonyl (C=O) groups is 2. The van der Waals surface area contributed by atoms with E-state index in [-0.39, 0.29) is 5.78 Å². The van der Waals surface area contributed by atoms with E-state index in [1.54, 1.807) is 39.0 Å². The summed E-state index contributed by atoms with van der Waals surface area (Å²) in [6, 6.07) is 8.10. The molecule has 1 aromatic rings. The van der Waals surface area contributed by atoms with Crippen LogP contribution in [0.25, 0.3) is 0 Å². The number of hydrogen-bond acceptors (Lipinski definition) is 3. The van der Waals surface area contributed by atoms with E-state index in [9.17, 15) is 18.4 Å². The highest BCUT2D eigenvalue weighted by Crippen LogP contribution is 2.18. The van der Waals surface area contributed by atoms with E-state index in [2.05, 4.69) is 10.5 Å². The first kappa shape index (κ1) is 16.9. The number of ketones is 1. The maximum Gasteiger partial charge on any atom is 0.278 e. The van der Waals surface area contributed by atoms with Crippen LogP contribution in [-0.4, -0.2) is 23.8 Å². The monoisotopic (exact) mass is 296 g/mol. The molecule has 114 valence electrons. The van der Waals surface area contributed by atoms with Crippen LogP contribution in [0.15, 0.2) is 35.4 Å². The molecule has 0 saturated heterocycles. The van der Waals surface area contributed by atoms with Crippen molar-refractivity contribution in [2.45, 2.75) is 33.6 Å². The Morgan fingerprint density at radius 1 is 1.19 bits per heavy atom. The number of nitrogens with zero attached hydrogens (tertiary/aromatic N) is 1. The molecule has 0 atom stereocenters. The van der Waals surface area contributed by atoms with E-state index in [1.807, 2.05) is 0 Å². The zero-order chi connectivity index (χ0) is 16.0. The normalized spacial score (nSPS) is 12.4. The first-order valence-electron chi connectivity index (χ1n) is 6.45. The van der Waals surface area contributed by atoms with Gasteiger partial charge in [-0.1, -0.05) is 39.0 Å². The highest BCUT2D eigenvalue weighted by atomic mass is 19.3. The van der Waals surface area contributed by atoms with Crippen LogP contribution < -0.4 is 5.43 Å². The number of carbonyl (C=O) groups excluding carboxylic acids is 2. The van der Waals surface area contributed by atoms with Gasteiger partial charge in [0, 0.05) is 11.0 Å². The second-order valence-corrected chi connectivity index (χ2v) is 5.56. The lowest BCUT2D eigenvalue weighted by Gasteiger charge is -2.16. The third kappa shape index (κ3) is 5.41. The molecule has 0 aliphatic rings. The summed E-state index contributed by atoms with van der Waals surface area (Å²) in [5, 5.41) is 3.40. The lowest BCUT2D eigenvalue weighted by atomic mass is 9.88. The summed E-state index contributed by atoms with van der Waals surface area (Å²) in [7, 11) is 0. The van der Waals surface area contributed by atoms with Crippen LogP contribution in [0.2, 0.25) is 0 Å². The maximum atomic E-state index is 12.9. The minimum Gasteiger partial charge on any atom is -0.299 e. The Morgan fingerprint density at radius 2 is 1.76 bits per heavy atom. The fourth-order valence-corrected chi connectivity index (χ4v) is 1.37. The number of benzene rings is 1. The van der Waals surface area contributed by atoms with Crippen LogP contribution in [0, 0.1) is 5.41 Å². The van der Waals surface area contributed by atoms with Gasteiger partial charge in [-0.2, -0.15) is 5.10 Å². The van der Waals surface area contributed by atoms with Gasteiger partial charge >= 0.3 is 0 Å². The number of halogens is 2. The van der Waals surface area contributed by atoms with E-state index < -0.39 is 29.9 Å². The Kier molecular flexibility index (Phi) is 5.69. The second-order valence-electron chi connectivity index (χ2n) is 5.56. The topological polar surface area (TPSA) is 58.5 Å². The van der Waals surface area contributed by atoms with Gasteiger partial charge in [-0.3, -0.25) is 9.59 Å². The molecule has 21 heavy (non-hydrogen) atoms. The van der Waals surface area contributed by atoms with Crippen molar-refractivity contribution in [3.05, 3.63) is 35.9 Å². The maximum absolute atomic E-state index is 12.9. The third-order valence-electron chi connectivity index (χ3n) is 2.77. The van der Waals surface area contributed by atoms with Crippen molar-refractivity contribution in [1.29, 1.82) is 0 Å². The number of hydrazone groups is 1. The number of alkyl halides is 2. The molecule has 0 bridgehead atoms. The van der Waals surface area contributed by atoms with Crippen LogP contribution in [0.5, 0.6) is 0 Å². The van der Waals surface area contributed by atoms with Gasteiger partial charge in [0.05, 0.1) is 6.42 Å². The second kappa shape index (κ2) is 7.06. The number of rotatable bonds is 5. The fourth-order valence-electron chi connectivity index (χ4n) is 1.37. The smallest absolute Gasteiger partial charge is 0.278 e. The summed E-state index contributed by atoms with van der Waals surface area (Å²) >= 11 is 0. The molecule has 1 aromatic carbocycles. The summed E-state index contributed by atoms with van der Waals surface area (Å²) < 4.78 is 25.7. The van der Waals surface area contributed by atoms with Gasteiger partial charge in [0.15, 0.2) is 0 Å². The Morgan fingerprint density at radius 3 is 2.24 bits per heavy atom. The summed E-state index contributed by atoms with van der Waals surface area (Å²) in [6.07, 6.45) is -3.39. The van der Waals surface area contributed by atoms with Crippen molar-refractivity contribution in [2.75, 3.05) is 0 Å². The molecular weight excluding hydrogens is 278 g/mol. The lowest BCUT2D eigenvalue weighted by Crippen LogP contribution is -2.28. The number of Topliss-reactive ketones (excluding diaryl/α,β-unsaturated/α-hetero) is 1. The number of nitrogens with one attached hydrogen (secondary N) is 1. The van der Waals surface area contributed by atoms with Crippen molar-refractivity contribution < 1.29 is 18.4 Å². The minimum atomic E-state index is -2.90. The van der Waals surface area contributed by atoms with Crippen LogP contribution in [0.4, 0.5) is 8.78 Å². The van der Waals surface area contributed by atoms with Crippen LogP contribution in [0.1, 0.15) is 37.6 Å². The molecular formula is C15H18F2N2O2. The van der Waals surface area contributed by atoms with Gasteiger partial charge in [-0.25, -0.2) is 14.2 Å². The van der Waals surface area contributed by atoms with Crippen LogP contribution in [-0.2, 0) is 4.79 Å². The highest BCUT2D eigenvalue weighted by molar-refractivity contribution is 6.05. The largest absolute Gasteiger partial charge is 0.299 e.